The molecule has 2 rings (SSSR count). The van der Waals surface area contributed by atoms with E-state index in [0.717, 1.165) is 16.0 Å². The molecule has 0 saturated carbocycles. The molecule has 4 amide bonds. The van der Waals surface area contributed by atoms with Gasteiger partial charge in [0.05, 0.1) is 0 Å². The van der Waals surface area contributed by atoms with Crippen LogP contribution in [-0.2, 0) is 19.1 Å². The molecule has 1 atom stereocenters. The maximum atomic E-state index is 12.2. The predicted octanol–water partition coefficient (Wildman–Crippen LogP) is 1.51. The van der Waals surface area contributed by atoms with E-state index in [1.807, 2.05) is 26.0 Å². The molecule has 0 radical (unpaired) electrons. The second kappa shape index (κ2) is 7.55. The number of esters is 1. The fourth-order valence-corrected chi connectivity index (χ4v) is 2.52. The fourth-order valence-electron chi connectivity index (χ4n) is 2.52. The standard InChI is InChI=1S/C18H23N3O5/c1-5-18(4)16(24)21(17(25)20-18)9-15(23)26-10-14(22)19-13-8-6-7-11(2)12(13)3/h6-8H,5,9-10H2,1-4H3,(H,19,22)(H,20,25). The normalized spacial score (nSPS) is 19.3. The molecule has 2 N–H and O–H groups in total. The number of nitrogens with one attached hydrogen (secondary N) is 2. The summed E-state index contributed by atoms with van der Waals surface area (Å²) >= 11 is 0. The van der Waals surface area contributed by atoms with E-state index < -0.39 is 42.5 Å². The Hall–Kier alpha value is -2.90. The quantitative estimate of drug-likeness (QED) is 0.590. The highest BCUT2D eigenvalue weighted by molar-refractivity contribution is 6.08. The van der Waals surface area contributed by atoms with Crippen LogP contribution in [0.1, 0.15) is 31.4 Å². The third-order valence-corrected chi connectivity index (χ3v) is 4.58. The Balaban J connectivity index is 1.87. The summed E-state index contributed by atoms with van der Waals surface area (Å²) in [5, 5.41) is 5.21. The molecule has 0 aromatic heterocycles. The molecule has 1 fully saturated rings. The lowest BCUT2D eigenvalue weighted by molar-refractivity contribution is -0.150. The van der Waals surface area contributed by atoms with E-state index in [0.29, 0.717) is 12.1 Å². The van der Waals surface area contributed by atoms with Gasteiger partial charge < -0.3 is 15.4 Å². The van der Waals surface area contributed by atoms with Crippen molar-refractivity contribution < 1.29 is 23.9 Å². The lowest BCUT2D eigenvalue weighted by atomic mass is 9.99. The third-order valence-electron chi connectivity index (χ3n) is 4.58. The zero-order valence-electron chi connectivity index (χ0n) is 15.3. The highest BCUT2D eigenvalue weighted by Gasteiger charge is 2.47. The summed E-state index contributed by atoms with van der Waals surface area (Å²) in [6.07, 6.45) is 0.404. The van der Waals surface area contributed by atoms with Crippen LogP contribution >= 0.6 is 0 Å². The lowest BCUT2D eigenvalue weighted by Crippen LogP contribution is -2.43. The number of aryl methyl sites for hydroxylation is 1. The van der Waals surface area contributed by atoms with Crippen LogP contribution in [0.3, 0.4) is 0 Å². The first kappa shape index (κ1) is 19.4. The van der Waals surface area contributed by atoms with Gasteiger partial charge in [-0.25, -0.2) is 4.79 Å². The van der Waals surface area contributed by atoms with E-state index in [9.17, 15) is 19.2 Å². The Kier molecular flexibility index (Phi) is 5.64. The van der Waals surface area contributed by atoms with Crippen molar-refractivity contribution in [3.05, 3.63) is 29.3 Å². The Morgan fingerprint density at radius 1 is 1.27 bits per heavy atom. The Bertz CT molecular complexity index is 761. The van der Waals surface area contributed by atoms with Gasteiger partial charge in [-0.15, -0.1) is 0 Å². The maximum absolute atomic E-state index is 12.2. The van der Waals surface area contributed by atoms with E-state index in [2.05, 4.69) is 10.6 Å². The number of benzene rings is 1. The number of imide groups is 1. The van der Waals surface area contributed by atoms with Crippen LogP contribution in [0, 0.1) is 13.8 Å². The van der Waals surface area contributed by atoms with Gasteiger partial charge in [0.2, 0.25) is 0 Å². The Labute approximate surface area is 151 Å². The minimum atomic E-state index is -1.02. The number of ether oxygens (including phenoxy) is 1. The summed E-state index contributed by atoms with van der Waals surface area (Å²) in [5.74, 6) is -1.81. The lowest BCUT2D eigenvalue weighted by Gasteiger charge is -2.18. The second-order valence-corrected chi connectivity index (χ2v) is 6.46. The highest BCUT2D eigenvalue weighted by Crippen LogP contribution is 2.20. The Morgan fingerprint density at radius 3 is 2.58 bits per heavy atom. The van der Waals surface area contributed by atoms with Crippen LogP contribution in [0.5, 0.6) is 0 Å². The van der Waals surface area contributed by atoms with Crippen LogP contribution in [0.15, 0.2) is 18.2 Å². The number of urea groups is 1. The SMILES string of the molecule is CCC1(C)NC(=O)N(CC(=O)OCC(=O)Nc2cccc(C)c2C)C1=O. The van der Waals surface area contributed by atoms with Gasteiger partial charge in [0, 0.05) is 5.69 Å². The second-order valence-electron chi connectivity index (χ2n) is 6.46. The zero-order valence-corrected chi connectivity index (χ0v) is 15.3. The molecule has 0 aliphatic carbocycles. The van der Waals surface area contributed by atoms with Crippen molar-refractivity contribution in [1.82, 2.24) is 10.2 Å². The summed E-state index contributed by atoms with van der Waals surface area (Å²) in [6.45, 7) is 6.12. The molecule has 1 saturated heterocycles. The molecule has 1 aromatic carbocycles. The minimum Gasteiger partial charge on any atom is -0.454 e. The molecule has 26 heavy (non-hydrogen) atoms. The van der Waals surface area contributed by atoms with Crippen molar-refractivity contribution >= 4 is 29.5 Å². The summed E-state index contributed by atoms with van der Waals surface area (Å²) in [7, 11) is 0. The van der Waals surface area contributed by atoms with Crippen molar-refractivity contribution in [2.45, 2.75) is 39.7 Å². The topological polar surface area (TPSA) is 105 Å². The number of rotatable bonds is 6. The van der Waals surface area contributed by atoms with E-state index >= 15 is 0 Å². The number of carbonyl (C=O) groups excluding carboxylic acids is 4. The van der Waals surface area contributed by atoms with Crippen molar-refractivity contribution in [2.24, 2.45) is 0 Å². The minimum absolute atomic E-state index is 0.404. The van der Waals surface area contributed by atoms with Crippen LogP contribution in [0.2, 0.25) is 0 Å². The number of hydrogen-bond donors (Lipinski definition) is 2. The summed E-state index contributed by atoms with van der Waals surface area (Å²) < 4.78 is 4.88. The van der Waals surface area contributed by atoms with Gasteiger partial charge in [-0.1, -0.05) is 19.1 Å². The molecule has 8 heteroatoms. The first-order valence-corrected chi connectivity index (χ1v) is 8.33. The molecule has 0 spiro atoms. The molecule has 1 heterocycles. The largest absolute Gasteiger partial charge is 0.454 e. The molecular weight excluding hydrogens is 338 g/mol. The van der Waals surface area contributed by atoms with Crippen molar-refractivity contribution in [3.63, 3.8) is 0 Å². The van der Waals surface area contributed by atoms with E-state index in [1.165, 1.54) is 0 Å². The summed E-state index contributed by atoms with van der Waals surface area (Å²) in [5.41, 5.74) is 1.57. The zero-order chi connectivity index (χ0) is 19.5. The number of hydrogen-bond acceptors (Lipinski definition) is 5. The average Bonchev–Trinajstić information content (AvgIpc) is 2.81. The van der Waals surface area contributed by atoms with Gasteiger partial charge >= 0.3 is 12.0 Å². The van der Waals surface area contributed by atoms with E-state index in [4.69, 9.17) is 4.74 Å². The van der Waals surface area contributed by atoms with E-state index in [-0.39, 0.29) is 0 Å². The molecule has 1 aliphatic rings. The summed E-state index contributed by atoms with van der Waals surface area (Å²) in [4.78, 5) is 48.7. The molecule has 140 valence electrons. The van der Waals surface area contributed by atoms with Gasteiger partial charge in [-0.2, -0.15) is 0 Å². The smallest absolute Gasteiger partial charge is 0.326 e. The first-order valence-electron chi connectivity index (χ1n) is 8.33. The molecule has 1 aliphatic heterocycles. The predicted molar refractivity (Wildman–Crippen MR) is 94.4 cm³/mol. The molecule has 0 bridgehead atoms. The number of carbonyl (C=O) groups is 4. The molecular formula is C18H23N3O5. The van der Waals surface area contributed by atoms with E-state index in [1.54, 1.807) is 19.9 Å². The monoisotopic (exact) mass is 361 g/mol. The van der Waals surface area contributed by atoms with Gasteiger partial charge in [-0.05, 0) is 44.4 Å². The summed E-state index contributed by atoms with van der Waals surface area (Å²) in [6, 6.07) is 4.84. The average molecular weight is 361 g/mol. The fraction of sp³-hybridized carbons (Fsp3) is 0.444. The number of amides is 4. The van der Waals surface area contributed by atoms with Crippen LogP contribution in [0.4, 0.5) is 10.5 Å². The van der Waals surface area contributed by atoms with Gasteiger partial charge in [0.1, 0.15) is 12.1 Å². The first-order chi connectivity index (χ1) is 12.2. The number of anilines is 1. The van der Waals surface area contributed by atoms with Gasteiger partial charge in [0.25, 0.3) is 11.8 Å². The van der Waals surface area contributed by atoms with Crippen LogP contribution in [0.25, 0.3) is 0 Å². The van der Waals surface area contributed by atoms with Crippen molar-refractivity contribution in [1.29, 1.82) is 0 Å². The van der Waals surface area contributed by atoms with Gasteiger partial charge in [-0.3, -0.25) is 19.3 Å². The van der Waals surface area contributed by atoms with Gasteiger partial charge in [0.15, 0.2) is 6.61 Å². The molecule has 8 nitrogen and oxygen atoms in total. The third kappa shape index (κ3) is 4.01. The molecule has 1 aromatic rings. The number of nitrogens with zero attached hydrogens (tertiary/aromatic N) is 1. The Morgan fingerprint density at radius 2 is 1.96 bits per heavy atom. The van der Waals surface area contributed by atoms with Crippen molar-refractivity contribution in [3.8, 4) is 0 Å². The highest BCUT2D eigenvalue weighted by atomic mass is 16.5. The molecule has 1 unspecified atom stereocenters. The van der Waals surface area contributed by atoms with Crippen LogP contribution in [-0.4, -0.2) is 47.4 Å². The van der Waals surface area contributed by atoms with Crippen molar-refractivity contribution in [2.75, 3.05) is 18.5 Å². The maximum Gasteiger partial charge on any atom is 0.326 e. The van der Waals surface area contributed by atoms with Crippen LogP contribution < -0.4 is 10.6 Å².